The van der Waals surface area contributed by atoms with Crippen LogP contribution in [0.25, 0.3) is 0 Å². The van der Waals surface area contributed by atoms with Gasteiger partial charge in [-0.25, -0.2) is 0 Å². The summed E-state index contributed by atoms with van der Waals surface area (Å²) in [5.74, 6) is 0. The van der Waals surface area contributed by atoms with E-state index in [1.165, 1.54) is 63.5 Å². The Kier molecular flexibility index (Phi) is 9.48. The van der Waals surface area contributed by atoms with E-state index in [0.717, 1.165) is 6.54 Å². The predicted octanol–water partition coefficient (Wildman–Crippen LogP) is 5.30. The van der Waals surface area contributed by atoms with Gasteiger partial charge in [0.2, 0.25) is 0 Å². The number of aryl methyl sites for hydroxylation is 1. The molecule has 0 spiro atoms. The van der Waals surface area contributed by atoms with Crippen LogP contribution in [0, 0.1) is 0 Å². The van der Waals surface area contributed by atoms with Gasteiger partial charge in [-0.1, -0.05) is 52.4 Å². The highest BCUT2D eigenvalue weighted by Gasteiger charge is 2.05. The zero-order valence-corrected chi connectivity index (χ0v) is 13.8. The predicted molar refractivity (Wildman–Crippen MR) is 89.1 cm³/mol. The molecule has 20 heavy (non-hydrogen) atoms. The number of hydrogen-bond donors (Lipinski definition) is 1. The smallest absolute Gasteiger partial charge is 0.0306 e. The lowest BCUT2D eigenvalue weighted by molar-refractivity contribution is 0.546. The molecule has 1 aromatic heterocycles. The second-order valence-corrected chi connectivity index (χ2v) is 5.98. The third-order valence-corrected chi connectivity index (χ3v) is 3.99. The molecule has 0 bridgehead atoms. The summed E-state index contributed by atoms with van der Waals surface area (Å²) in [5, 5.41) is 3.54. The second kappa shape index (κ2) is 11.0. The van der Waals surface area contributed by atoms with Gasteiger partial charge in [-0.15, -0.1) is 0 Å². The van der Waals surface area contributed by atoms with Crippen LogP contribution in [0.5, 0.6) is 0 Å². The maximum Gasteiger partial charge on any atom is 0.0306 e. The van der Waals surface area contributed by atoms with E-state index in [9.17, 15) is 0 Å². The summed E-state index contributed by atoms with van der Waals surface area (Å²) in [6.45, 7) is 9.02. The van der Waals surface area contributed by atoms with Gasteiger partial charge in [-0.3, -0.25) is 0 Å². The molecule has 0 aromatic carbocycles. The third-order valence-electron chi connectivity index (χ3n) is 3.99. The van der Waals surface area contributed by atoms with Gasteiger partial charge in [0.25, 0.3) is 0 Å². The highest BCUT2D eigenvalue weighted by molar-refractivity contribution is 5.14. The van der Waals surface area contributed by atoms with Crippen LogP contribution in [0.3, 0.4) is 0 Å². The lowest BCUT2D eigenvalue weighted by atomic mass is 10.1. The summed E-state index contributed by atoms with van der Waals surface area (Å²) < 4.78 is 2.35. The van der Waals surface area contributed by atoms with E-state index in [2.05, 4.69) is 49.1 Å². The maximum absolute atomic E-state index is 3.54. The standard InChI is InChI=1S/C18H34N2/c1-4-6-7-8-9-10-11-14-20-15-12-18(16-20)17(3)19-13-5-2/h12,15-17,19H,4-11,13-14H2,1-3H3. The van der Waals surface area contributed by atoms with Crippen LogP contribution in [-0.4, -0.2) is 11.1 Å². The van der Waals surface area contributed by atoms with Crippen molar-refractivity contribution in [2.45, 2.75) is 84.7 Å². The van der Waals surface area contributed by atoms with Gasteiger partial charge >= 0.3 is 0 Å². The summed E-state index contributed by atoms with van der Waals surface area (Å²) in [5.41, 5.74) is 1.42. The second-order valence-electron chi connectivity index (χ2n) is 5.98. The quantitative estimate of drug-likeness (QED) is 0.513. The van der Waals surface area contributed by atoms with Crippen LogP contribution >= 0.6 is 0 Å². The van der Waals surface area contributed by atoms with Crippen molar-refractivity contribution in [2.24, 2.45) is 0 Å². The van der Waals surface area contributed by atoms with Crippen molar-refractivity contribution in [1.29, 1.82) is 0 Å². The fraction of sp³-hybridized carbons (Fsp3) is 0.778. The molecule has 1 unspecified atom stereocenters. The first kappa shape index (κ1) is 17.3. The Morgan fingerprint density at radius 1 is 1.00 bits per heavy atom. The van der Waals surface area contributed by atoms with Gasteiger partial charge in [0.15, 0.2) is 0 Å². The number of aromatic nitrogens is 1. The molecule has 2 heteroatoms. The zero-order valence-electron chi connectivity index (χ0n) is 13.8. The number of unbranched alkanes of at least 4 members (excludes halogenated alkanes) is 6. The fourth-order valence-electron chi connectivity index (χ4n) is 2.58. The van der Waals surface area contributed by atoms with E-state index in [0.29, 0.717) is 6.04 Å². The summed E-state index contributed by atoms with van der Waals surface area (Å²) in [4.78, 5) is 0. The van der Waals surface area contributed by atoms with Gasteiger partial charge < -0.3 is 9.88 Å². The van der Waals surface area contributed by atoms with Crippen molar-refractivity contribution in [3.8, 4) is 0 Å². The molecule has 0 aliphatic carbocycles. The third kappa shape index (κ3) is 7.14. The normalized spacial score (nSPS) is 12.8. The zero-order chi connectivity index (χ0) is 14.6. The van der Waals surface area contributed by atoms with Crippen LogP contribution in [0.4, 0.5) is 0 Å². The molecule has 0 radical (unpaired) electrons. The number of rotatable bonds is 12. The van der Waals surface area contributed by atoms with Crippen molar-refractivity contribution >= 4 is 0 Å². The molecule has 0 saturated heterocycles. The Morgan fingerprint density at radius 3 is 2.40 bits per heavy atom. The molecule has 116 valence electrons. The minimum absolute atomic E-state index is 0.477. The monoisotopic (exact) mass is 278 g/mol. The first-order valence-corrected chi connectivity index (χ1v) is 8.67. The molecule has 0 aliphatic rings. The van der Waals surface area contributed by atoms with E-state index < -0.39 is 0 Å². The highest BCUT2D eigenvalue weighted by atomic mass is 15.0. The Morgan fingerprint density at radius 2 is 1.70 bits per heavy atom. The van der Waals surface area contributed by atoms with Gasteiger partial charge in [0.05, 0.1) is 0 Å². The molecule has 0 aliphatic heterocycles. The molecular formula is C18H34N2. The van der Waals surface area contributed by atoms with Crippen LogP contribution in [0.15, 0.2) is 18.5 Å². The topological polar surface area (TPSA) is 17.0 Å². The lowest BCUT2D eigenvalue weighted by Gasteiger charge is -2.11. The average molecular weight is 278 g/mol. The molecule has 1 atom stereocenters. The van der Waals surface area contributed by atoms with Crippen molar-refractivity contribution in [3.63, 3.8) is 0 Å². The largest absolute Gasteiger partial charge is 0.354 e. The molecular weight excluding hydrogens is 244 g/mol. The van der Waals surface area contributed by atoms with E-state index in [4.69, 9.17) is 0 Å². The van der Waals surface area contributed by atoms with Crippen molar-refractivity contribution < 1.29 is 0 Å². The minimum Gasteiger partial charge on any atom is -0.354 e. The Bertz CT molecular complexity index is 330. The van der Waals surface area contributed by atoms with E-state index in [-0.39, 0.29) is 0 Å². The highest BCUT2D eigenvalue weighted by Crippen LogP contribution is 2.14. The van der Waals surface area contributed by atoms with Gasteiger partial charge in [0.1, 0.15) is 0 Å². The number of nitrogens with zero attached hydrogens (tertiary/aromatic N) is 1. The molecule has 1 N–H and O–H groups in total. The maximum atomic E-state index is 3.54. The average Bonchev–Trinajstić information content (AvgIpc) is 2.92. The first-order valence-electron chi connectivity index (χ1n) is 8.67. The molecule has 1 rings (SSSR count). The van der Waals surface area contributed by atoms with Gasteiger partial charge in [-0.05, 0) is 37.9 Å². The fourth-order valence-corrected chi connectivity index (χ4v) is 2.58. The molecule has 1 aromatic rings. The number of nitrogens with one attached hydrogen (secondary N) is 1. The summed E-state index contributed by atoms with van der Waals surface area (Å²) >= 11 is 0. The van der Waals surface area contributed by atoms with E-state index >= 15 is 0 Å². The first-order chi connectivity index (χ1) is 9.77. The molecule has 1 heterocycles. The van der Waals surface area contributed by atoms with Crippen LogP contribution in [0.1, 0.15) is 83.7 Å². The van der Waals surface area contributed by atoms with Crippen LogP contribution in [0.2, 0.25) is 0 Å². The molecule has 0 amide bonds. The van der Waals surface area contributed by atoms with E-state index in [1.54, 1.807) is 0 Å². The van der Waals surface area contributed by atoms with Crippen molar-refractivity contribution in [1.82, 2.24) is 9.88 Å². The number of hydrogen-bond acceptors (Lipinski definition) is 1. The van der Waals surface area contributed by atoms with Gasteiger partial charge in [0, 0.05) is 25.0 Å². The summed E-state index contributed by atoms with van der Waals surface area (Å²) in [6.07, 6.45) is 15.4. The minimum atomic E-state index is 0.477. The van der Waals surface area contributed by atoms with Crippen LogP contribution in [-0.2, 0) is 6.54 Å². The summed E-state index contributed by atoms with van der Waals surface area (Å²) in [6, 6.07) is 2.74. The summed E-state index contributed by atoms with van der Waals surface area (Å²) in [7, 11) is 0. The van der Waals surface area contributed by atoms with E-state index in [1.807, 2.05) is 0 Å². The SMILES string of the molecule is CCCCCCCCCn1ccc(C(C)NCCC)c1. The van der Waals surface area contributed by atoms with Crippen molar-refractivity contribution in [2.75, 3.05) is 6.54 Å². The molecule has 0 saturated carbocycles. The molecule has 0 fully saturated rings. The van der Waals surface area contributed by atoms with Crippen LogP contribution < -0.4 is 5.32 Å². The van der Waals surface area contributed by atoms with Gasteiger partial charge in [-0.2, -0.15) is 0 Å². The lowest BCUT2D eigenvalue weighted by Crippen LogP contribution is -2.18. The Hall–Kier alpha value is -0.760. The Balaban J connectivity index is 2.13. The molecule has 2 nitrogen and oxygen atoms in total. The van der Waals surface area contributed by atoms with Crippen molar-refractivity contribution in [3.05, 3.63) is 24.0 Å². The Labute approximate surface area is 126 Å².